The fourth-order valence-electron chi connectivity index (χ4n) is 2.57. The number of aromatic nitrogens is 2. The van der Waals surface area contributed by atoms with Gasteiger partial charge < -0.3 is 5.32 Å². The monoisotopic (exact) mass is 369 g/mol. The summed E-state index contributed by atoms with van der Waals surface area (Å²) < 4.78 is 14.7. The summed E-state index contributed by atoms with van der Waals surface area (Å²) in [6, 6.07) is 16.3. The molecule has 0 aliphatic carbocycles. The van der Waals surface area contributed by atoms with Crippen molar-refractivity contribution in [2.75, 3.05) is 12.3 Å². The van der Waals surface area contributed by atoms with Gasteiger partial charge >= 0.3 is 0 Å². The number of halogens is 1. The molecule has 1 aromatic heterocycles. The minimum absolute atomic E-state index is 0.142. The van der Waals surface area contributed by atoms with E-state index in [1.54, 1.807) is 34.8 Å². The molecule has 0 spiro atoms. The van der Waals surface area contributed by atoms with E-state index < -0.39 is 0 Å². The van der Waals surface area contributed by atoms with Gasteiger partial charge in [-0.15, -0.1) is 0 Å². The molecule has 134 valence electrons. The first-order chi connectivity index (χ1) is 12.6. The molecule has 6 heteroatoms. The van der Waals surface area contributed by atoms with Crippen LogP contribution >= 0.6 is 11.8 Å². The molecule has 0 fully saturated rings. The van der Waals surface area contributed by atoms with Crippen molar-refractivity contribution in [2.45, 2.75) is 12.7 Å². The van der Waals surface area contributed by atoms with Crippen LogP contribution in [-0.2, 0) is 5.75 Å². The number of hydrogen-bond donors (Lipinski definition) is 1. The van der Waals surface area contributed by atoms with Gasteiger partial charge in [0.2, 0.25) is 0 Å². The number of benzene rings is 2. The lowest BCUT2D eigenvalue weighted by Gasteiger charge is -2.07. The molecule has 1 amide bonds. The van der Waals surface area contributed by atoms with Crippen LogP contribution in [0.1, 0.15) is 21.6 Å². The molecule has 0 aliphatic rings. The Hall–Kier alpha value is -2.60. The standard InChI is InChI=1S/C20H20FN3OS/c1-15-19(13-23-24(15)18-9-7-17(21)8-10-18)20(25)22-11-12-26-14-16-5-3-2-4-6-16/h2-10,13H,11-12,14H2,1H3,(H,22,25). The molecular weight excluding hydrogens is 349 g/mol. The number of carbonyl (C=O) groups excluding carboxylic acids is 1. The maximum Gasteiger partial charge on any atom is 0.254 e. The van der Waals surface area contributed by atoms with Crippen molar-refractivity contribution in [1.82, 2.24) is 15.1 Å². The van der Waals surface area contributed by atoms with E-state index in [1.165, 1.54) is 17.7 Å². The number of hydrogen-bond acceptors (Lipinski definition) is 3. The maximum atomic E-state index is 13.1. The highest BCUT2D eigenvalue weighted by atomic mass is 32.2. The Morgan fingerprint density at radius 1 is 1.15 bits per heavy atom. The van der Waals surface area contributed by atoms with Crippen molar-refractivity contribution in [1.29, 1.82) is 0 Å². The third-order valence-corrected chi connectivity index (χ3v) is 5.00. The lowest BCUT2D eigenvalue weighted by molar-refractivity contribution is 0.0955. The second-order valence-electron chi connectivity index (χ2n) is 5.83. The maximum absolute atomic E-state index is 13.1. The van der Waals surface area contributed by atoms with E-state index in [0.29, 0.717) is 12.1 Å². The fourth-order valence-corrected chi connectivity index (χ4v) is 3.39. The number of nitrogens with zero attached hydrogens (tertiary/aromatic N) is 2. The van der Waals surface area contributed by atoms with Gasteiger partial charge in [0.05, 0.1) is 23.1 Å². The molecule has 0 unspecified atom stereocenters. The molecule has 1 N–H and O–H groups in total. The summed E-state index contributed by atoms with van der Waals surface area (Å²) in [4.78, 5) is 12.4. The first kappa shape index (κ1) is 18.2. The van der Waals surface area contributed by atoms with E-state index in [0.717, 1.165) is 22.9 Å². The molecule has 0 saturated carbocycles. The van der Waals surface area contributed by atoms with Crippen molar-refractivity contribution in [2.24, 2.45) is 0 Å². The zero-order valence-electron chi connectivity index (χ0n) is 14.5. The summed E-state index contributed by atoms with van der Waals surface area (Å²) >= 11 is 1.78. The predicted molar refractivity (Wildman–Crippen MR) is 103 cm³/mol. The van der Waals surface area contributed by atoms with E-state index in [1.807, 2.05) is 25.1 Å². The highest BCUT2D eigenvalue weighted by Gasteiger charge is 2.14. The van der Waals surface area contributed by atoms with Crippen LogP contribution in [0.25, 0.3) is 5.69 Å². The second-order valence-corrected chi connectivity index (χ2v) is 6.93. The predicted octanol–water partition coefficient (Wildman–Crippen LogP) is 3.98. The number of rotatable bonds is 7. The molecule has 26 heavy (non-hydrogen) atoms. The molecule has 4 nitrogen and oxygen atoms in total. The topological polar surface area (TPSA) is 46.9 Å². The zero-order valence-corrected chi connectivity index (χ0v) is 15.3. The Morgan fingerprint density at radius 3 is 2.62 bits per heavy atom. The Morgan fingerprint density at radius 2 is 1.88 bits per heavy atom. The normalized spacial score (nSPS) is 10.7. The van der Waals surface area contributed by atoms with Crippen molar-refractivity contribution in [3.05, 3.63) is 83.4 Å². The average Bonchev–Trinajstić information content (AvgIpc) is 3.04. The van der Waals surface area contributed by atoms with Gasteiger partial charge in [-0.25, -0.2) is 9.07 Å². The van der Waals surface area contributed by atoms with Gasteiger partial charge in [0.15, 0.2) is 0 Å². The van der Waals surface area contributed by atoms with Gasteiger partial charge in [-0.05, 0) is 36.8 Å². The molecule has 0 radical (unpaired) electrons. The summed E-state index contributed by atoms with van der Waals surface area (Å²) in [7, 11) is 0. The highest BCUT2D eigenvalue weighted by molar-refractivity contribution is 7.98. The van der Waals surface area contributed by atoms with Crippen molar-refractivity contribution >= 4 is 17.7 Å². The van der Waals surface area contributed by atoms with Crippen LogP contribution < -0.4 is 5.32 Å². The number of amides is 1. The first-order valence-corrected chi connectivity index (χ1v) is 9.51. The molecule has 2 aromatic carbocycles. The molecule has 0 aliphatic heterocycles. The van der Waals surface area contributed by atoms with Crippen LogP contribution in [0, 0.1) is 12.7 Å². The Labute approximate surface area is 156 Å². The third kappa shape index (κ3) is 4.52. The molecule has 3 aromatic rings. The number of carbonyl (C=O) groups is 1. The molecule has 0 saturated heterocycles. The van der Waals surface area contributed by atoms with Crippen LogP contribution in [0.4, 0.5) is 4.39 Å². The first-order valence-electron chi connectivity index (χ1n) is 8.35. The van der Waals surface area contributed by atoms with Gasteiger partial charge in [-0.3, -0.25) is 4.79 Å². The zero-order chi connectivity index (χ0) is 18.4. The van der Waals surface area contributed by atoms with Gasteiger partial charge in [0.1, 0.15) is 5.82 Å². The second kappa shape index (κ2) is 8.67. The van der Waals surface area contributed by atoms with Crippen molar-refractivity contribution < 1.29 is 9.18 Å². The van der Waals surface area contributed by atoms with Crippen LogP contribution in [-0.4, -0.2) is 28.0 Å². The van der Waals surface area contributed by atoms with Gasteiger partial charge in [-0.1, -0.05) is 30.3 Å². The van der Waals surface area contributed by atoms with Crippen molar-refractivity contribution in [3.63, 3.8) is 0 Å². The van der Waals surface area contributed by atoms with E-state index in [9.17, 15) is 9.18 Å². The number of nitrogens with one attached hydrogen (secondary N) is 1. The van der Waals surface area contributed by atoms with E-state index in [-0.39, 0.29) is 11.7 Å². The Bertz CT molecular complexity index is 863. The summed E-state index contributed by atoms with van der Waals surface area (Å²) in [5.74, 6) is 1.32. The van der Waals surface area contributed by atoms with E-state index >= 15 is 0 Å². The van der Waals surface area contributed by atoms with Crippen LogP contribution in [0.15, 0.2) is 60.8 Å². The summed E-state index contributed by atoms with van der Waals surface area (Å²) in [6.45, 7) is 2.42. The van der Waals surface area contributed by atoms with Crippen molar-refractivity contribution in [3.8, 4) is 5.69 Å². The summed E-state index contributed by atoms with van der Waals surface area (Å²) in [6.07, 6.45) is 1.55. The molecule has 0 bridgehead atoms. The summed E-state index contributed by atoms with van der Waals surface area (Å²) in [5, 5.41) is 7.18. The smallest absolute Gasteiger partial charge is 0.254 e. The van der Waals surface area contributed by atoms with Gasteiger partial charge in [-0.2, -0.15) is 16.9 Å². The molecule has 1 heterocycles. The highest BCUT2D eigenvalue weighted by Crippen LogP contribution is 2.15. The average molecular weight is 369 g/mol. The molecular formula is C20H20FN3OS. The SMILES string of the molecule is Cc1c(C(=O)NCCSCc2ccccc2)cnn1-c1ccc(F)cc1. The van der Waals surface area contributed by atoms with E-state index in [4.69, 9.17) is 0 Å². The van der Waals surface area contributed by atoms with Gasteiger partial charge in [0.25, 0.3) is 5.91 Å². The minimum Gasteiger partial charge on any atom is -0.351 e. The third-order valence-electron chi connectivity index (χ3n) is 3.97. The fraction of sp³-hybridized carbons (Fsp3) is 0.200. The quantitative estimate of drug-likeness (QED) is 0.641. The Balaban J connectivity index is 1.51. The van der Waals surface area contributed by atoms with Crippen LogP contribution in [0.3, 0.4) is 0 Å². The molecule has 3 rings (SSSR count). The van der Waals surface area contributed by atoms with E-state index in [2.05, 4.69) is 22.5 Å². The Kier molecular flexibility index (Phi) is 6.07. The molecule has 0 atom stereocenters. The summed E-state index contributed by atoms with van der Waals surface area (Å²) in [5.41, 5.74) is 3.26. The van der Waals surface area contributed by atoms with Crippen LogP contribution in [0.2, 0.25) is 0 Å². The largest absolute Gasteiger partial charge is 0.351 e. The minimum atomic E-state index is -0.301. The lowest BCUT2D eigenvalue weighted by atomic mass is 10.2. The van der Waals surface area contributed by atoms with Crippen LogP contribution in [0.5, 0.6) is 0 Å². The van der Waals surface area contributed by atoms with Gasteiger partial charge in [0, 0.05) is 18.1 Å². The lowest BCUT2D eigenvalue weighted by Crippen LogP contribution is -2.26. The number of thioether (sulfide) groups is 1.